The number of benzene rings is 1. The average Bonchev–Trinajstić information content (AvgIpc) is 2.80. The summed E-state index contributed by atoms with van der Waals surface area (Å²) in [4.78, 5) is 13.7. The van der Waals surface area contributed by atoms with Crippen molar-refractivity contribution in [2.24, 2.45) is 0 Å². The quantitative estimate of drug-likeness (QED) is 0.611. The Kier molecular flexibility index (Phi) is 2.91. The molecule has 9 heteroatoms. The first-order valence-electron chi connectivity index (χ1n) is 4.48. The van der Waals surface area contributed by atoms with Crippen LogP contribution >= 0.6 is 11.6 Å². The SMILES string of the molecule is N#Cc1ncn(-c2cc(F)c(Cl)cc2[N+](=O)[O-])n1. The van der Waals surface area contributed by atoms with Crippen LogP contribution in [0.5, 0.6) is 0 Å². The Morgan fingerprint density at radius 2 is 2.28 bits per heavy atom. The fourth-order valence-corrected chi connectivity index (χ4v) is 1.44. The summed E-state index contributed by atoms with van der Waals surface area (Å²) in [6.07, 6.45) is 1.08. The van der Waals surface area contributed by atoms with Gasteiger partial charge in [0.2, 0.25) is 0 Å². The minimum absolute atomic E-state index is 0.157. The second-order valence-corrected chi connectivity index (χ2v) is 3.54. The summed E-state index contributed by atoms with van der Waals surface area (Å²) in [7, 11) is 0. The number of halogens is 2. The molecule has 1 aromatic carbocycles. The Hall–Kier alpha value is -2.53. The first-order valence-corrected chi connectivity index (χ1v) is 4.86. The molecule has 0 atom stereocenters. The summed E-state index contributed by atoms with van der Waals surface area (Å²) in [5.41, 5.74) is -0.591. The van der Waals surface area contributed by atoms with E-state index in [0.717, 1.165) is 23.1 Å². The van der Waals surface area contributed by atoms with Crippen molar-refractivity contribution >= 4 is 17.3 Å². The van der Waals surface area contributed by atoms with Gasteiger partial charge in [-0.05, 0) is 0 Å². The van der Waals surface area contributed by atoms with Gasteiger partial charge in [-0.2, -0.15) is 5.26 Å². The molecule has 90 valence electrons. The monoisotopic (exact) mass is 267 g/mol. The normalized spacial score (nSPS) is 10.1. The van der Waals surface area contributed by atoms with Gasteiger partial charge in [-0.25, -0.2) is 14.1 Å². The van der Waals surface area contributed by atoms with E-state index in [2.05, 4.69) is 10.1 Å². The summed E-state index contributed by atoms with van der Waals surface area (Å²) < 4.78 is 14.3. The summed E-state index contributed by atoms with van der Waals surface area (Å²) in [5.74, 6) is -1.01. The van der Waals surface area contributed by atoms with Crippen LogP contribution in [-0.4, -0.2) is 19.7 Å². The molecule has 7 nitrogen and oxygen atoms in total. The maximum Gasteiger partial charge on any atom is 0.296 e. The first kappa shape index (κ1) is 11.9. The fourth-order valence-electron chi connectivity index (χ4n) is 1.29. The Morgan fingerprint density at radius 3 is 2.83 bits per heavy atom. The molecule has 0 bridgehead atoms. The molecule has 0 radical (unpaired) electrons. The van der Waals surface area contributed by atoms with Gasteiger partial charge < -0.3 is 0 Å². The van der Waals surface area contributed by atoms with E-state index in [9.17, 15) is 14.5 Å². The largest absolute Gasteiger partial charge is 0.296 e. The Morgan fingerprint density at radius 1 is 1.56 bits per heavy atom. The zero-order chi connectivity index (χ0) is 13.3. The molecule has 1 aromatic heterocycles. The predicted molar refractivity (Wildman–Crippen MR) is 57.7 cm³/mol. The second kappa shape index (κ2) is 4.38. The van der Waals surface area contributed by atoms with E-state index < -0.39 is 16.4 Å². The molecule has 0 amide bonds. The van der Waals surface area contributed by atoms with Gasteiger partial charge in [0.1, 0.15) is 23.9 Å². The number of nitro benzene ring substituents is 1. The summed E-state index contributed by atoms with van der Waals surface area (Å²) in [5, 5.41) is 22.7. The molecule has 0 spiro atoms. The predicted octanol–water partition coefficient (Wildman–Crippen LogP) is 1.84. The minimum atomic E-state index is -0.828. The number of hydrogen-bond donors (Lipinski definition) is 0. The summed E-state index contributed by atoms with van der Waals surface area (Å²) >= 11 is 5.47. The molecule has 0 N–H and O–H groups in total. The second-order valence-electron chi connectivity index (χ2n) is 3.14. The number of rotatable bonds is 2. The van der Waals surface area contributed by atoms with E-state index in [1.807, 2.05) is 0 Å². The lowest BCUT2D eigenvalue weighted by atomic mass is 10.2. The highest BCUT2D eigenvalue weighted by atomic mass is 35.5. The molecule has 0 fully saturated rings. The van der Waals surface area contributed by atoms with Crippen LogP contribution in [0.4, 0.5) is 10.1 Å². The molecule has 18 heavy (non-hydrogen) atoms. The van der Waals surface area contributed by atoms with Gasteiger partial charge in [0.25, 0.3) is 11.5 Å². The summed E-state index contributed by atoms with van der Waals surface area (Å²) in [6, 6.07) is 3.39. The van der Waals surface area contributed by atoms with Crippen molar-refractivity contribution in [2.45, 2.75) is 0 Å². The van der Waals surface area contributed by atoms with Crippen molar-refractivity contribution in [1.82, 2.24) is 14.8 Å². The van der Waals surface area contributed by atoms with Crippen molar-refractivity contribution in [2.75, 3.05) is 0 Å². The zero-order valence-electron chi connectivity index (χ0n) is 8.54. The number of nitrogens with zero attached hydrogens (tertiary/aromatic N) is 5. The Bertz CT molecular complexity index is 678. The van der Waals surface area contributed by atoms with Crippen molar-refractivity contribution < 1.29 is 9.31 Å². The number of hydrogen-bond acceptors (Lipinski definition) is 5. The van der Waals surface area contributed by atoms with Crippen LogP contribution in [0.15, 0.2) is 18.5 Å². The molecule has 0 saturated heterocycles. The highest BCUT2D eigenvalue weighted by Crippen LogP contribution is 2.28. The van der Waals surface area contributed by atoms with E-state index in [-0.39, 0.29) is 16.5 Å². The molecule has 0 aliphatic carbocycles. The third kappa shape index (κ3) is 1.99. The van der Waals surface area contributed by atoms with Gasteiger partial charge in [-0.15, -0.1) is 5.10 Å². The third-order valence-electron chi connectivity index (χ3n) is 2.05. The van der Waals surface area contributed by atoms with Gasteiger partial charge in [0, 0.05) is 12.1 Å². The Labute approximate surface area is 104 Å². The van der Waals surface area contributed by atoms with Crippen molar-refractivity contribution in [1.29, 1.82) is 5.26 Å². The van der Waals surface area contributed by atoms with E-state index in [0.29, 0.717) is 0 Å². The molecule has 0 unspecified atom stereocenters. The molecular weight excluding hydrogens is 265 g/mol. The van der Waals surface area contributed by atoms with Crippen molar-refractivity contribution in [3.8, 4) is 11.8 Å². The van der Waals surface area contributed by atoms with Crippen LogP contribution in [0.2, 0.25) is 5.02 Å². The van der Waals surface area contributed by atoms with E-state index >= 15 is 0 Å². The minimum Gasteiger partial charge on any atom is -0.258 e. The molecule has 0 aliphatic rings. The molecule has 0 saturated carbocycles. The van der Waals surface area contributed by atoms with Gasteiger partial charge in [-0.3, -0.25) is 10.1 Å². The van der Waals surface area contributed by atoms with Gasteiger partial charge >= 0.3 is 0 Å². The highest BCUT2D eigenvalue weighted by molar-refractivity contribution is 6.31. The van der Waals surface area contributed by atoms with Gasteiger partial charge in [0.15, 0.2) is 0 Å². The van der Waals surface area contributed by atoms with E-state index in [4.69, 9.17) is 16.9 Å². The van der Waals surface area contributed by atoms with Crippen molar-refractivity contribution in [3.05, 3.63) is 45.2 Å². The molecular formula is C9H3ClFN5O2. The number of nitriles is 1. The lowest BCUT2D eigenvalue weighted by Crippen LogP contribution is -2.02. The average molecular weight is 268 g/mol. The lowest BCUT2D eigenvalue weighted by molar-refractivity contribution is -0.384. The zero-order valence-corrected chi connectivity index (χ0v) is 9.30. The topological polar surface area (TPSA) is 97.6 Å². The Balaban J connectivity index is 2.66. The van der Waals surface area contributed by atoms with Gasteiger partial charge in [0.05, 0.1) is 9.95 Å². The number of nitro groups is 1. The lowest BCUT2D eigenvalue weighted by Gasteiger charge is -2.03. The van der Waals surface area contributed by atoms with Crippen LogP contribution in [0, 0.1) is 27.3 Å². The molecule has 2 rings (SSSR count). The van der Waals surface area contributed by atoms with Crippen LogP contribution in [0.1, 0.15) is 5.82 Å². The molecule has 1 heterocycles. The first-order chi connectivity index (χ1) is 8.52. The van der Waals surface area contributed by atoms with Crippen molar-refractivity contribution in [3.63, 3.8) is 0 Å². The van der Waals surface area contributed by atoms with Crippen LogP contribution < -0.4 is 0 Å². The van der Waals surface area contributed by atoms with E-state index in [1.165, 1.54) is 0 Å². The van der Waals surface area contributed by atoms with E-state index in [1.54, 1.807) is 6.07 Å². The molecule has 2 aromatic rings. The summed E-state index contributed by atoms with van der Waals surface area (Å²) in [6.45, 7) is 0. The van der Waals surface area contributed by atoms with Gasteiger partial charge in [-0.1, -0.05) is 11.6 Å². The maximum atomic E-state index is 13.3. The third-order valence-corrected chi connectivity index (χ3v) is 2.34. The van der Waals surface area contributed by atoms with Crippen LogP contribution in [0.25, 0.3) is 5.69 Å². The fraction of sp³-hybridized carbons (Fsp3) is 0. The highest BCUT2D eigenvalue weighted by Gasteiger charge is 2.20. The standard InChI is InChI=1S/C9H3ClFN5O2/c10-5-1-8(16(17)18)7(2-6(5)11)15-4-13-9(3-12)14-15/h1-2,4H. The van der Waals surface area contributed by atoms with Crippen LogP contribution in [-0.2, 0) is 0 Å². The number of aromatic nitrogens is 3. The molecule has 0 aliphatic heterocycles. The maximum absolute atomic E-state index is 13.3. The van der Waals surface area contributed by atoms with Crippen LogP contribution in [0.3, 0.4) is 0 Å². The smallest absolute Gasteiger partial charge is 0.258 e.